The zero-order valence-electron chi connectivity index (χ0n) is 7.22. The second-order valence-electron chi connectivity index (χ2n) is 2.89. The monoisotopic (exact) mass is 150 g/mol. The number of methoxy groups -OCH3 is 1. The van der Waals surface area contributed by atoms with Gasteiger partial charge in [-0.2, -0.15) is 0 Å². The summed E-state index contributed by atoms with van der Waals surface area (Å²) < 4.78 is 4.25. The number of hydrogen-bond donors (Lipinski definition) is 2. The molecule has 0 aliphatic heterocycles. The van der Waals surface area contributed by atoms with Crippen LogP contribution in [0.2, 0.25) is 0 Å². The van der Waals surface area contributed by atoms with Gasteiger partial charge in [-0.25, -0.2) is 0 Å². The predicted octanol–water partition coefficient (Wildman–Crippen LogP) is 0.260. The van der Waals surface area contributed by atoms with Crippen LogP contribution in [0, 0.1) is 5.41 Å². The van der Waals surface area contributed by atoms with Crippen molar-refractivity contribution >= 4 is 0 Å². The van der Waals surface area contributed by atoms with Gasteiger partial charge in [0, 0.05) is 19.6 Å². The van der Waals surface area contributed by atoms with Crippen LogP contribution in [0.3, 0.4) is 0 Å². The average Bonchev–Trinajstić information content (AvgIpc) is 1.90. The fraction of sp³-hybridized carbons (Fsp3) is 1.00. The molecule has 3 heteroatoms. The molecule has 0 unspecified atom stereocenters. The summed E-state index contributed by atoms with van der Waals surface area (Å²) in [6.45, 7) is 3.69. The van der Waals surface area contributed by atoms with Crippen LogP contribution in [-0.4, -0.2) is 37.6 Å². The van der Waals surface area contributed by atoms with E-state index in [0.29, 0.717) is 0 Å². The topological polar surface area (TPSA) is 49.7 Å². The fourth-order valence-electron chi connectivity index (χ4n) is 0.0500. The summed E-state index contributed by atoms with van der Waals surface area (Å²) >= 11 is 0. The van der Waals surface area contributed by atoms with Crippen molar-refractivity contribution in [2.24, 2.45) is 5.41 Å². The van der Waals surface area contributed by atoms with Crippen LogP contribution in [0.4, 0.5) is 0 Å². The third-order valence-electron chi connectivity index (χ3n) is 0.856. The van der Waals surface area contributed by atoms with Crippen LogP contribution < -0.4 is 0 Å². The minimum absolute atomic E-state index is 0.0451. The molecule has 0 aromatic rings. The average molecular weight is 150 g/mol. The van der Waals surface area contributed by atoms with Crippen LogP contribution in [-0.2, 0) is 4.74 Å². The molecule has 3 nitrogen and oxygen atoms in total. The van der Waals surface area contributed by atoms with Crippen molar-refractivity contribution in [3.05, 3.63) is 0 Å². The number of rotatable bonds is 2. The van der Waals surface area contributed by atoms with Crippen LogP contribution >= 0.6 is 0 Å². The van der Waals surface area contributed by atoms with Gasteiger partial charge in [0.15, 0.2) is 0 Å². The first-order chi connectivity index (χ1) is 4.54. The van der Waals surface area contributed by atoms with E-state index in [1.807, 2.05) is 0 Å². The highest BCUT2D eigenvalue weighted by molar-refractivity contribution is 4.62. The van der Waals surface area contributed by atoms with Gasteiger partial charge in [-0.1, -0.05) is 13.8 Å². The van der Waals surface area contributed by atoms with Crippen molar-refractivity contribution in [2.45, 2.75) is 13.8 Å². The van der Waals surface area contributed by atoms with E-state index in [9.17, 15) is 0 Å². The minimum atomic E-state index is -0.306. The van der Waals surface area contributed by atoms with Crippen LogP contribution in [0.15, 0.2) is 0 Å². The molecule has 0 aromatic heterocycles. The molecule has 0 spiro atoms. The van der Waals surface area contributed by atoms with Crippen molar-refractivity contribution in [2.75, 3.05) is 27.4 Å². The molecule has 10 heavy (non-hydrogen) atoms. The summed E-state index contributed by atoms with van der Waals surface area (Å²) in [6.07, 6.45) is 0. The summed E-state index contributed by atoms with van der Waals surface area (Å²) in [5, 5.41) is 16.9. The summed E-state index contributed by atoms with van der Waals surface area (Å²) in [6, 6.07) is 0. The molecule has 0 bridgehead atoms. The number of aliphatic hydroxyl groups is 2. The highest BCUT2D eigenvalue weighted by Crippen LogP contribution is 2.10. The largest absolute Gasteiger partial charge is 0.396 e. The maximum atomic E-state index is 8.43. The molecule has 0 radical (unpaired) electrons. The molecule has 0 rings (SSSR count). The van der Waals surface area contributed by atoms with Gasteiger partial charge in [0.05, 0.1) is 13.2 Å². The SMILES string of the molecule is CC(C)(CO)CO.COC. The molecule has 2 N–H and O–H groups in total. The maximum Gasteiger partial charge on any atom is 0.0504 e. The normalized spacial score (nSPS) is 10.2. The lowest BCUT2D eigenvalue weighted by Crippen LogP contribution is -2.20. The van der Waals surface area contributed by atoms with E-state index in [0.717, 1.165) is 0 Å². The molecule has 0 aliphatic rings. The molecule has 0 saturated carbocycles. The van der Waals surface area contributed by atoms with E-state index in [4.69, 9.17) is 10.2 Å². The van der Waals surface area contributed by atoms with Crippen molar-refractivity contribution in [3.8, 4) is 0 Å². The van der Waals surface area contributed by atoms with Crippen molar-refractivity contribution < 1.29 is 14.9 Å². The van der Waals surface area contributed by atoms with E-state index >= 15 is 0 Å². The molecule has 0 fully saturated rings. The number of ether oxygens (including phenoxy) is 1. The van der Waals surface area contributed by atoms with E-state index in [1.54, 1.807) is 28.1 Å². The molecule has 64 valence electrons. The van der Waals surface area contributed by atoms with Crippen molar-refractivity contribution in [3.63, 3.8) is 0 Å². The third-order valence-corrected chi connectivity index (χ3v) is 0.856. The third kappa shape index (κ3) is 10.8. The lowest BCUT2D eigenvalue weighted by atomic mass is 9.97. The Hall–Kier alpha value is -0.120. The molecule has 0 heterocycles. The minimum Gasteiger partial charge on any atom is -0.396 e. The molecular weight excluding hydrogens is 132 g/mol. The quantitative estimate of drug-likeness (QED) is 0.593. The summed E-state index contributed by atoms with van der Waals surface area (Å²) in [4.78, 5) is 0. The highest BCUT2D eigenvalue weighted by atomic mass is 16.4. The van der Waals surface area contributed by atoms with Crippen LogP contribution in [0.25, 0.3) is 0 Å². The van der Waals surface area contributed by atoms with Crippen molar-refractivity contribution in [1.29, 1.82) is 0 Å². The van der Waals surface area contributed by atoms with Gasteiger partial charge in [0.2, 0.25) is 0 Å². The first kappa shape index (κ1) is 12.5. The predicted molar refractivity (Wildman–Crippen MR) is 40.9 cm³/mol. The first-order valence-corrected chi connectivity index (χ1v) is 3.16. The smallest absolute Gasteiger partial charge is 0.0504 e. The van der Waals surface area contributed by atoms with Crippen LogP contribution in [0.1, 0.15) is 13.8 Å². The molecule has 0 aliphatic carbocycles. The van der Waals surface area contributed by atoms with Gasteiger partial charge in [-0.05, 0) is 0 Å². The van der Waals surface area contributed by atoms with Gasteiger partial charge in [0.25, 0.3) is 0 Å². The summed E-state index contributed by atoms with van der Waals surface area (Å²) in [7, 11) is 3.25. The van der Waals surface area contributed by atoms with Gasteiger partial charge in [-0.15, -0.1) is 0 Å². The molecule has 0 saturated heterocycles. The van der Waals surface area contributed by atoms with Crippen LogP contribution in [0.5, 0.6) is 0 Å². The summed E-state index contributed by atoms with van der Waals surface area (Å²) in [5.74, 6) is 0. The Balaban J connectivity index is 0. The van der Waals surface area contributed by atoms with E-state index in [1.165, 1.54) is 0 Å². The second kappa shape index (κ2) is 6.99. The Morgan fingerprint density at radius 1 is 1.10 bits per heavy atom. The number of hydrogen-bond acceptors (Lipinski definition) is 3. The lowest BCUT2D eigenvalue weighted by molar-refractivity contribution is 0.0857. The highest BCUT2D eigenvalue weighted by Gasteiger charge is 2.13. The molecule has 0 atom stereocenters. The molecule has 0 aromatic carbocycles. The standard InChI is InChI=1S/C5H12O2.C2H6O/c1-5(2,3-6)4-7;1-3-2/h6-7H,3-4H2,1-2H3;1-2H3. The van der Waals surface area contributed by atoms with E-state index in [-0.39, 0.29) is 18.6 Å². The zero-order chi connectivity index (χ0) is 8.62. The Kier molecular flexibility index (Phi) is 8.77. The lowest BCUT2D eigenvalue weighted by Gasteiger charge is -2.16. The van der Waals surface area contributed by atoms with E-state index < -0.39 is 0 Å². The molecule has 0 amide bonds. The molecular formula is C7H18O3. The fourth-order valence-corrected chi connectivity index (χ4v) is 0.0500. The second-order valence-corrected chi connectivity index (χ2v) is 2.89. The maximum absolute atomic E-state index is 8.43. The van der Waals surface area contributed by atoms with Gasteiger partial charge >= 0.3 is 0 Å². The van der Waals surface area contributed by atoms with E-state index in [2.05, 4.69) is 4.74 Å². The van der Waals surface area contributed by atoms with Gasteiger partial charge in [0.1, 0.15) is 0 Å². The summed E-state index contributed by atoms with van der Waals surface area (Å²) in [5.41, 5.74) is -0.306. The Labute approximate surface area is 62.6 Å². The first-order valence-electron chi connectivity index (χ1n) is 3.16. The Morgan fingerprint density at radius 3 is 1.30 bits per heavy atom. The van der Waals surface area contributed by atoms with Gasteiger partial charge < -0.3 is 14.9 Å². The zero-order valence-corrected chi connectivity index (χ0v) is 7.22. The van der Waals surface area contributed by atoms with Crippen molar-refractivity contribution in [1.82, 2.24) is 0 Å². The Morgan fingerprint density at radius 2 is 1.30 bits per heavy atom. The van der Waals surface area contributed by atoms with Gasteiger partial charge in [-0.3, -0.25) is 0 Å². The Bertz CT molecular complexity index is 55.9. The number of aliphatic hydroxyl groups excluding tert-OH is 2.